The van der Waals surface area contributed by atoms with Crippen LogP contribution < -0.4 is 10.6 Å². The van der Waals surface area contributed by atoms with E-state index in [2.05, 4.69) is 15.6 Å². The van der Waals surface area contributed by atoms with Gasteiger partial charge in [-0.3, -0.25) is 19.2 Å². The van der Waals surface area contributed by atoms with Gasteiger partial charge in [0.1, 0.15) is 21.4 Å². The molecule has 3 rings (SSSR count). The topological polar surface area (TPSA) is 164 Å². The van der Waals surface area contributed by atoms with Crippen LogP contribution in [-0.2, 0) is 9.47 Å². The number of anilines is 2. The standard InChI is InChI=1S/C29H33N5O8S2/c1-9-41-28(39)18-14(3)20(26(37)33(5)6)43-24(18)31-22(35)16-12-11-13-17(30-16)23(36)32-25-19(29(40)42-10-2)15(4)21(44-25)27(38)34(7)8/h11-13H,9-10H2,1-8H3,(H,31,35)(H,32,36). The van der Waals surface area contributed by atoms with Gasteiger partial charge in [0.15, 0.2) is 0 Å². The van der Waals surface area contributed by atoms with Gasteiger partial charge in [0, 0.05) is 28.2 Å². The van der Waals surface area contributed by atoms with E-state index in [1.165, 1.54) is 28.0 Å². The summed E-state index contributed by atoms with van der Waals surface area (Å²) in [5.41, 5.74) is 0.503. The van der Waals surface area contributed by atoms with Crippen LogP contribution >= 0.6 is 22.7 Å². The molecule has 15 heteroatoms. The van der Waals surface area contributed by atoms with Crippen LogP contribution in [0, 0.1) is 13.8 Å². The third-order valence-electron chi connectivity index (χ3n) is 6.12. The van der Waals surface area contributed by atoms with E-state index in [-0.39, 0.29) is 67.3 Å². The Morgan fingerprint density at radius 3 is 1.39 bits per heavy atom. The fourth-order valence-corrected chi connectivity index (χ4v) is 6.36. The number of carbonyl (C=O) groups is 6. The van der Waals surface area contributed by atoms with E-state index in [0.717, 1.165) is 22.7 Å². The van der Waals surface area contributed by atoms with Crippen molar-refractivity contribution in [2.75, 3.05) is 52.0 Å². The van der Waals surface area contributed by atoms with E-state index >= 15 is 0 Å². The lowest BCUT2D eigenvalue weighted by Gasteiger charge is -2.09. The Labute approximate surface area is 262 Å². The molecule has 3 aromatic heterocycles. The van der Waals surface area contributed by atoms with Gasteiger partial charge >= 0.3 is 11.9 Å². The van der Waals surface area contributed by atoms with Crippen molar-refractivity contribution in [3.05, 3.63) is 61.6 Å². The summed E-state index contributed by atoms with van der Waals surface area (Å²) in [6, 6.07) is 4.18. The van der Waals surface area contributed by atoms with Crippen molar-refractivity contribution < 1.29 is 38.2 Å². The van der Waals surface area contributed by atoms with Gasteiger partial charge in [-0.2, -0.15) is 0 Å². The predicted octanol–water partition coefficient (Wildman–Crippen LogP) is 4.08. The van der Waals surface area contributed by atoms with Crippen LogP contribution in [0.4, 0.5) is 10.0 Å². The molecular weight excluding hydrogens is 610 g/mol. The molecule has 0 aliphatic carbocycles. The summed E-state index contributed by atoms with van der Waals surface area (Å²) in [6.45, 7) is 6.63. The van der Waals surface area contributed by atoms with Gasteiger partial charge in [0.2, 0.25) is 0 Å². The SMILES string of the molecule is CCOC(=O)c1c(NC(=O)c2cccc(C(=O)Nc3sc(C(=O)N(C)C)c(C)c3C(=O)OCC)n2)sc(C(=O)N(C)C)c1C. The number of aromatic nitrogens is 1. The highest BCUT2D eigenvalue weighted by Crippen LogP contribution is 2.36. The van der Waals surface area contributed by atoms with Crippen LogP contribution in [0.25, 0.3) is 0 Å². The van der Waals surface area contributed by atoms with E-state index in [4.69, 9.17) is 9.47 Å². The smallest absolute Gasteiger partial charge is 0.341 e. The highest BCUT2D eigenvalue weighted by molar-refractivity contribution is 7.19. The molecule has 0 radical (unpaired) electrons. The zero-order valence-corrected chi connectivity index (χ0v) is 27.2. The van der Waals surface area contributed by atoms with Crippen LogP contribution in [0.5, 0.6) is 0 Å². The summed E-state index contributed by atoms with van der Waals surface area (Å²) in [5.74, 6) is -3.59. The first-order valence-corrected chi connectivity index (χ1v) is 15.0. The largest absolute Gasteiger partial charge is 0.462 e. The molecule has 13 nitrogen and oxygen atoms in total. The highest BCUT2D eigenvalue weighted by atomic mass is 32.1. The first-order valence-electron chi connectivity index (χ1n) is 13.4. The number of thiophene rings is 2. The van der Waals surface area contributed by atoms with E-state index in [9.17, 15) is 28.8 Å². The minimum atomic E-state index is -0.742. The number of nitrogens with zero attached hydrogens (tertiary/aromatic N) is 3. The molecule has 0 fully saturated rings. The quantitative estimate of drug-likeness (QED) is 0.310. The maximum atomic E-state index is 13.3. The lowest BCUT2D eigenvalue weighted by atomic mass is 10.1. The number of pyridine rings is 1. The number of hydrogen-bond donors (Lipinski definition) is 2. The Morgan fingerprint density at radius 1 is 0.705 bits per heavy atom. The molecule has 234 valence electrons. The van der Waals surface area contributed by atoms with E-state index in [1.807, 2.05) is 0 Å². The van der Waals surface area contributed by atoms with Gasteiger partial charge in [-0.1, -0.05) is 6.07 Å². The van der Waals surface area contributed by atoms with Crippen molar-refractivity contribution in [3.8, 4) is 0 Å². The van der Waals surface area contributed by atoms with Gasteiger partial charge in [-0.25, -0.2) is 14.6 Å². The lowest BCUT2D eigenvalue weighted by Crippen LogP contribution is -2.21. The second-order valence-corrected chi connectivity index (χ2v) is 11.7. The summed E-state index contributed by atoms with van der Waals surface area (Å²) in [5, 5.41) is 5.44. The molecule has 0 atom stereocenters. The Balaban J connectivity index is 1.94. The molecule has 0 unspecified atom stereocenters. The van der Waals surface area contributed by atoms with Crippen molar-refractivity contribution in [1.29, 1.82) is 0 Å². The molecule has 3 aromatic rings. The molecule has 0 aliphatic rings. The Hall–Kier alpha value is -4.63. The average Bonchev–Trinajstić information content (AvgIpc) is 3.47. The molecule has 0 spiro atoms. The molecule has 3 heterocycles. The Bertz CT molecular complexity index is 1520. The fourth-order valence-electron chi connectivity index (χ4n) is 3.94. The predicted molar refractivity (Wildman–Crippen MR) is 166 cm³/mol. The monoisotopic (exact) mass is 643 g/mol. The number of esters is 2. The molecule has 4 amide bonds. The van der Waals surface area contributed by atoms with Gasteiger partial charge in [0.25, 0.3) is 23.6 Å². The normalized spacial score (nSPS) is 10.5. The minimum Gasteiger partial charge on any atom is -0.462 e. The molecule has 2 N–H and O–H groups in total. The number of nitrogens with one attached hydrogen (secondary N) is 2. The molecule has 0 saturated heterocycles. The van der Waals surface area contributed by atoms with Crippen LogP contribution in [0.1, 0.15) is 86.0 Å². The third kappa shape index (κ3) is 7.11. The number of hydrogen-bond acceptors (Lipinski definition) is 11. The molecule has 0 aromatic carbocycles. The molecule has 0 aliphatic heterocycles. The van der Waals surface area contributed by atoms with Gasteiger partial charge in [-0.15, -0.1) is 22.7 Å². The average molecular weight is 644 g/mol. The zero-order valence-electron chi connectivity index (χ0n) is 25.6. The number of amides is 4. The van der Waals surface area contributed by atoms with Crippen molar-refractivity contribution in [1.82, 2.24) is 14.8 Å². The first kappa shape index (κ1) is 33.9. The Morgan fingerprint density at radius 2 is 1.07 bits per heavy atom. The first-order chi connectivity index (χ1) is 20.7. The number of carbonyl (C=O) groups excluding carboxylic acids is 6. The van der Waals surface area contributed by atoms with Gasteiger partial charge in [0.05, 0.1) is 34.1 Å². The van der Waals surface area contributed by atoms with Crippen molar-refractivity contribution in [3.63, 3.8) is 0 Å². The maximum absolute atomic E-state index is 13.3. The summed E-state index contributed by atoms with van der Waals surface area (Å²) < 4.78 is 10.3. The zero-order chi connectivity index (χ0) is 32.9. The van der Waals surface area contributed by atoms with E-state index in [0.29, 0.717) is 11.1 Å². The summed E-state index contributed by atoms with van der Waals surface area (Å²) >= 11 is 1.85. The third-order valence-corrected chi connectivity index (χ3v) is 8.51. The molecule has 44 heavy (non-hydrogen) atoms. The number of ether oxygens (including phenoxy) is 2. The van der Waals surface area contributed by atoms with Crippen LogP contribution in [0.2, 0.25) is 0 Å². The summed E-state index contributed by atoms with van der Waals surface area (Å²) in [4.78, 5) is 84.8. The molecule has 0 bridgehead atoms. The highest BCUT2D eigenvalue weighted by Gasteiger charge is 2.29. The van der Waals surface area contributed by atoms with Gasteiger partial charge < -0.3 is 29.9 Å². The van der Waals surface area contributed by atoms with E-state index < -0.39 is 23.8 Å². The van der Waals surface area contributed by atoms with E-state index in [1.54, 1.807) is 55.9 Å². The second-order valence-electron chi connectivity index (χ2n) is 9.68. The lowest BCUT2D eigenvalue weighted by molar-refractivity contribution is 0.0517. The van der Waals surface area contributed by atoms with Crippen LogP contribution in [-0.4, -0.2) is 91.8 Å². The minimum absolute atomic E-state index is 0.0481. The van der Waals surface area contributed by atoms with Crippen molar-refractivity contribution >= 4 is 68.2 Å². The van der Waals surface area contributed by atoms with Crippen LogP contribution in [0.3, 0.4) is 0 Å². The Kier molecular flexibility index (Phi) is 11.0. The van der Waals surface area contributed by atoms with Crippen LogP contribution in [0.15, 0.2) is 18.2 Å². The summed E-state index contributed by atoms with van der Waals surface area (Å²) in [7, 11) is 6.27. The maximum Gasteiger partial charge on any atom is 0.341 e. The second kappa shape index (κ2) is 14.2. The molecular formula is C29H33N5O8S2. The molecule has 0 saturated carbocycles. The van der Waals surface area contributed by atoms with Crippen molar-refractivity contribution in [2.45, 2.75) is 27.7 Å². The summed E-state index contributed by atoms with van der Waals surface area (Å²) in [6.07, 6.45) is 0. The number of rotatable bonds is 10. The fraction of sp³-hybridized carbons (Fsp3) is 0.345. The van der Waals surface area contributed by atoms with Gasteiger partial charge in [-0.05, 0) is 51.0 Å². The van der Waals surface area contributed by atoms with Crippen molar-refractivity contribution in [2.24, 2.45) is 0 Å².